The fraction of sp³-hybridized carbons (Fsp3) is 0.500. The van der Waals surface area contributed by atoms with Gasteiger partial charge in [0.2, 0.25) is 0 Å². The van der Waals surface area contributed by atoms with Gasteiger partial charge in [-0.15, -0.1) is 0 Å². The van der Waals surface area contributed by atoms with Gasteiger partial charge in [0, 0.05) is 17.1 Å². The van der Waals surface area contributed by atoms with Gasteiger partial charge in [-0.2, -0.15) is 0 Å². The molecule has 0 amide bonds. The Balaban J connectivity index is 2.35. The molecule has 1 aromatic rings. The summed E-state index contributed by atoms with van der Waals surface area (Å²) in [7, 11) is 0. The van der Waals surface area contributed by atoms with Crippen LogP contribution in [0.15, 0.2) is 22.7 Å². The molecule has 1 unspecified atom stereocenters. The van der Waals surface area contributed by atoms with Crippen molar-refractivity contribution in [1.82, 2.24) is 0 Å². The van der Waals surface area contributed by atoms with Crippen LogP contribution in [-0.4, -0.2) is 25.7 Å². The molecule has 0 bridgehead atoms. The number of hydrogen-bond donors (Lipinski definition) is 1. The predicted octanol–water partition coefficient (Wildman–Crippen LogP) is 3.13. The molecule has 1 atom stereocenters. The van der Waals surface area contributed by atoms with E-state index in [9.17, 15) is 13.2 Å². The Morgan fingerprint density at radius 2 is 2.06 bits per heavy atom. The molecule has 2 N–H and O–H groups in total. The largest absolute Gasteiger partial charge is 0.375 e. The van der Waals surface area contributed by atoms with Crippen molar-refractivity contribution in [3.8, 4) is 0 Å². The zero-order chi connectivity index (χ0) is 13.5. The summed E-state index contributed by atoms with van der Waals surface area (Å²) in [6.45, 7) is -0.431. The van der Waals surface area contributed by atoms with Crippen molar-refractivity contribution >= 4 is 15.9 Å². The van der Waals surface area contributed by atoms with Crippen LogP contribution < -0.4 is 5.73 Å². The zero-order valence-corrected chi connectivity index (χ0v) is 11.3. The monoisotopic (exact) mass is 325 g/mol. The van der Waals surface area contributed by atoms with Crippen molar-refractivity contribution in [1.29, 1.82) is 0 Å². The van der Waals surface area contributed by atoms with Crippen LogP contribution in [0.2, 0.25) is 0 Å². The van der Waals surface area contributed by atoms with Gasteiger partial charge < -0.3 is 10.5 Å². The third-order valence-electron chi connectivity index (χ3n) is 2.37. The Morgan fingerprint density at radius 3 is 2.72 bits per heavy atom. The quantitative estimate of drug-likeness (QED) is 0.782. The first-order valence-electron chi connectivity index (χ1n) is 5.54. The van der Waals surface area contributed by atoms with Crippen LogP contribution in [0.3, 0.4) is 0 Å². The maximum absolute atomic E-state index is 13.4. The lowest BCUT2D eigenvalue weighted by atomic mass is 10.0. The average Bonchev–Trinajstić information content (AvgIpc) is 2.29. The highest BCUT2D eigenvalue weighted by molar-refractivity contribution is 9.10. The number of hydrogen-bond acceptors (Lipinski definition) is 2. The van der Waals surface area contributed by atoms with Crippen molar-refractivity contribution < 1.29 is 17.9 Å². The summed E-state index contributed by atoms with van der Waals surface area (Å²) in [6, 6.07) is 4.32. The summed E-state index contributed by atoms with van der Waals surface area (Å²) in [5, 5.41) is 0. The molecule has 1 aromatic carbocycles. The molecule has 0 saturated heterocycles. The first-order valence-corrected chi connectivity index (χ1v) is 6.33. The molecule has 0 heterocycles. The third kappa shape index (κ3) is 5.84. The lowest BCUT2D eigenvalue weighted by Crippen LogP contribution is -2.25. The molecule has 0 aliphatic heterocycles. The molecular formula is C12H15BrF3NO. The molecule has 0 aliphatic rings. The second kappa shape index (κ2) is 7.76. The molecule has 2 nitrogen and oxygen atoms in total. The smallest absolute Gasteiger partial charge is 0.261 e. The van der Waals surface area contributed by atoms with Crippen molar-refractivity contribution in [2.24, 2.45) is 5.73 Å². The number of halogens is 4. The molecule has 1 rings (SSSR count). The molecular weight excluding hydrogens is 311 g/mol. The van der Waals surface area contributed by atoms with Crippen molar-refractivity contribution in [3.63, 3.8) is 0 Å². The minimum Gasteiger partial charge on any atom is -0.375 e. The molecule has 0 spiro atoms. The summed E-state index contributed by atoms with van der Waals surface area (Å²) in [5.41, 5.74) is 6.30. The van der Waals surface area contributed by atoms with E-state index in [1.54, 1.807) is 12.1 Å². The zero-order valence-electron chi connectivity index (χ0n) is 9.71. The van der Waals surface area contributed by atoms with Gasteiger partial charge in [-0.05, 0) is 36.6 Å². The van der Waals surface area contributed by atoms with Crippen LogP contribution in [0.1, 0.15) is 12.0 Å². The SMILES string of the molecule is NC(CCOCC(F)F)Cc1cc(Br)ccc1F. The number of nitrogens with two attached hydrogens (primary N) is 1. The van der Waals surface area contributed by atoms with E-state index in [0.717, 1.165) is 4.47 Å². The summed E-state index contributed by atoms with van der Waals surface area (Å²) >= 11 is 3.25. The average molecular weight is 326 g/mol. The van der Waals surface area contributed by atoms with Gasteiger partial charge in [0.1, 0.15) is 12.4 Å². The van der Waals surface area contributed by atoms with Crippen LogP contribution in [0.5, 0.6) is 0 Å². The standard InChI is InChI=1S/C12H15BrF3NO/c13-9-1-2-11(14)8(5-9)6-10(17)3-4-18-7-12(15)16/h1-2,5,10,12H,3-4,6-7,17H2. The molecule has 6 heteroatoms. The molecule has 0 aliphatic carbocycles. The normalized spacial score (nSPS) is 13.0. The van der Waals surface area contributed by atoms with Gasteiger partial charge >= 0.3 is 0 Å². The number of ether oxygens (including phenoxy) is 1. The second-order valence-electron chi connectivity index (χ2n) is 3.95. The predicted molar refractivity (Wildman–Crippen MR) is 67.2 cm³/mol. The van der Waals surface area contributed by atoms with E-state index in [2.05, 4.69) is 15.9 Å². The molecule has 102 valence electrons. The van der Waals surface area contributed by atoms with Crippen LogP contribution in [0.4, 0.5) is 13.2 Å². The van der Waals surface area contributed by atoms with Gasteiger partial charge in [0.05, 0.1) is 0 Å². The molecule has 18 heavy (non-hydrogen) atoms. The Hall–Kier alpha value is -0.590. The van der Waals surface area contributed by atoms with E-state index in [0.29, 0.717) is 18.4 Å². The Labute approximate surface area is 112 Å². The second-order valence-corrected chi connectivity index (χ2v) is 4.87. The minimum absolute atomic E-state index is 0.154. The van der Waals surface area contributed by atoms with E-state index in [1.165, 1.54) is 6.07 Å². The molecule has 0 fully saturated rings. The number of benzene rings is 1. The first kappa shape index (κ1) is 15.5. The fourth-order valence-corrected chi connectivity index (χ4v) is 1.90. The van der Waals surface area contributed by atoms with E-state index >= 15 is 0 Å². The third-order valence-corrected chi connectivity index (χ3v) is 2.86. The number of alkyl halides is 2. The lowest BCUT2D eigenvalue weighted by Gasteiger charge is -2.12. The summed E-state index contributed by atoms with van der Waals surface area (Å²) in [6.07, 6.45) is -1.70. The topological polar surface area (TPSA) is 35.2 Å². The maximum Gasteiger partial charge on any atom is 0.261 e. The van der Waals surface area contributed by atoms with Crippen LogP contribution in [0.25, 0.3) is 0 Å². The van der Waals surface area contributed by atoms with Gasteiger partial charge in [0.15, 0.2) is 0 Å². The van der Waals surface area contributed by atoms with Gasteiger partial charge in [-0.3, -0.25) is 0 Å². The highest BCUT2D eigenvalue weighted by atomic mass is 79.9. The van der Waals surface area contributed by atoms with E-state index in [4.69, 9.17) is 10.5 Å². The molecule has 0 aromatic heterocycles. The molecule has 0 saturated carbocycles. The van der Waals surface area contributed by atoms with Crippen molar-refractivity contribution in [2.75, 3.05) is 13.2 Å². The van der Waals surface area contributed by atoms with Crippen molar-refractivity contribution in [3.05, 3.63) is 34.1 Å². The minimum atomic E-state index is -2.47. The fourth-order valence-electron chi connectivity index (χ4n) is 1.49. The Morgan fingerprint density at radius 1 is 1.33 bits per heavy atom. The number of rotatable bonds is 7. The van der Waals surface area contributed by atoms with E-state index < -0.39 is 13.0 Å². The van der Waals surface area contributed by atoms with E-state index in [-0.39, 0.29) is 18.5 Å². The highest BCUT2D eigenvalue weighted by Crippen LogP contribution is 2.17. The van der Waals surface area contributed by atoms with Crippen molar-refractivity contribution in [2.45, 2.75) is 25.3 Å². The summed E-state index contributed by atoms with van der Waals surface area (Å²) < 4.78 is 42.5. The van der Waals surface area contributed by atoms with Gasteiger partial charge in [-0.25, -0.2) is 13.2 Å². The Bertz CT molecular complexity index is 376. The van der Waals surface area contributed by atoms with Crippen LogP contribution in [-0.2, 0) is 11.2 Å². The van der Waals surface area contributed by atoms with Gasteiger partial charge in [-0.1, -0.05) is 15.9 Å². The lowest BCUT2D eigenvalue weighted by molar-refractivity contribution is 0.0152. The highest BCUT2D eigenvalue weighted by Gasteiger charge is 2.10. The van der Waals surface area contributed by atoms with Crippen LogP contribution in [0, 0.1) is 5.82 Å². The van der Waals surface area contributed by atoms with Crippen LogP contribution >= 0.6 is 15.9 Å². The molecule has 0 radical (unpaired) electrons. The maximum atomic E-state index is 13.4. The van der Waals surface area contributed by atoms with E-state index in [1.807, 2.05) is 0 Å². The van der Waals surface area contributed by atoms with Gasteiger partial charge in [0.25, 0.3) is 6.43 Å². The Kier molecular flexibility index (Phi) is 6.67. The summed E-state index contributed by atoms with van der Waals surface area (Å²) in [4.78, 5) is 0. The summed E-state index contributed by atoms with van der Waals surface area (Å²) in [5.74, 6) is -0.317. The first-order chi connectivity index (χ1) is 8.49.